The molecule has 0 bridgehead atoms. The van der Waals surface area contributed by atoms with Crippen molar-refractivity contribution in [1.29, 1.82) is 0 Å². The van der Waals surface area contributed by atoms with Crippen LogP contribution in [0.3, 0.4) is 0 Å². The van der Waals surface area contributed by atoms with Gasteiger partial charge in [0.2, 0.25) is 11.8 Å². The van der Waals surface area contributed by atoms with E-state index in [0.717, 1.165) is 6.42 Å². The van der Waals surface area contributed by atoms with Crippen molar-refractivity contribution in [3.63, 3.8) is 0 Å². The first-order chi connectivity index (χ1) is 19.0. The molecule has 198 valence electrons. The lowest BCUT2D eigenvalue weighted by atomic mass is 9.96. The van der Waals surface area contributed by atoms with Gasteiger partial charge in [0.1, 0.15) is 23.4 Å². The van der Waals surface area contributed by atoms with Crippen molar-refractivity contribution in [1.82, 2.24) is 14.9 Å². The number of ether oxygens (including phenoxy) is 1. The van der Waals surface area contributed by atoms with Gasteiger partial charge in [0, 0.05) is 24.6 Å². The average Bonchev–Trinajstić information content (AvgIpc) is 3.39. The Hall–Kier alpha value is -4.24. The summed E-state index contributed by atoms with van der Waals surface area (Å²) in [5, 5.41) is 3.48. The van der Waals surface area contributed by atoms with E-state index in [1.54, 1.807) is 59.8 Å². The van der Waals surface area contributed by atoms with E-state index in [2.05, 4.69) is 27.4 Å². The predicted molar refractivity (Wildman–Crippen MR) is 148 cm³/mol. The third-order valence-corrected chi connectivity index (χ3v) is 7.28. The second-order valence-corrected chi connectivity index (χ2v) is 10.2. The lowest BCUT2D eigenvalue weighted by molar-refractivity contribution is -0.134. The number of rotatable bonds is 9. The van der Waals surface area contributed by atoms with E-state index < -0.39 is 6.04 Å². The molecule has 4 aromatic rings. The fourth-order valence-corrected chi connectivity index (χ4v) is 5.27. The van der Waals surface area contributed by atoms with Crippen molar-refractivity contribution in [3.8, 4) is 11.5 Å². The second kappa shape index (κ2) is 12.5. The van der Waals surface area contributed by atoms with Crippen LogP contribution in [-0.4, -0.2) is 45.0 Å². The lowest BCUT2D eigenvalue weighted by Crippen LogP contribution is -2.44. The van der Waals surface area contributed by atoms with E-state index in [9.17, 15) is 14.0 Å². The first kappa shape index (κ1) is 26.4. The third kappa shape index (κ3) is 7.20. The molecule has 0 aliphatic carbocycles. The quantitative estimate of drug-likeness (QED) is 0.219. The number of likely N-dealkylation sites (tertiary alicyclic amines) is 1. The molecule has 0 radical (unpaired) electrons. The van der Waals surface area contributed by atoms with Crippen LogP contribution in [0, 0.1) is 11.7 Å². The molecule has 9 heteroatoms. The monoisotopic (exact) mass is 542 g/mol. The molecular weight excluding hydrogens is 515 g/mol. The molecule has 5 rings (SSSR count). The summed E-state index contributed by atoms with van der Waals surface area (Å²) in [6.45, 7) is 0.506. The number of benzene rings is 3. The van der Waals surface area contributed by atoms with Gasteiger partial charge in [0.25, 0.3) is 0 Å². The van der Waals surface area contributed by atoms with Crippen molar-refractivity contribution in [2.24, 2.45) is 5.92 Å². The van der Waals surface area contributed by atoms with E-state index in [1.807, 2.05) is 18.2 Å². The number of nitrogens with one attached hydrogen (secondary N) is 1. The molecule has 0 spiro atoms. The number of carbonyl (C=O) groups excluding carboxylic acids is 2. The normalized spacial score (nSPS) is 16.6. The number of nitrogens with zero attached hydrogens (tertiary/aromatic N) is 3. The zero-order chi connectivity index (χ0) is 27.0. The maximum atomic E-state index is 13.4. The van der Waals surface area contributed by atoms with Gasteiger partial charge in [-0.15, -0.1) is 0 Å². The summed E-state index contributed by atoms with van der Waals surface area (Å²) in [6, 6.07) is 23.9. The second-order valence-electron chi connectivity index (χ2n) is 9.24. The molecule has 2 amide bonds. The molecular formula is C30H27FN4O3S. The molecule has 1 aromatic heterocycles. The summed E-state index contributed by atoms with van der Waals surface area (Å²) in [5.41, 5.74) is 1.78. The Balaban J connectivity index is 1.25. The SMILES string of the molecule is O=C(Nc1ccc(Oc2ccc(F)cc2)cc1)[C@@H]1C[C@@H](Cc2ccccc2)CN1C(=O)CSc1ncccn1. The summed E-state index contributed by atoms with van der Waals surface area (Å²) in [5.74, 6) is 0.700. The van der Waals surface area contributed by atoms with Crippen LogP contribution in [0.5, 0.6) is 11.5 Å². The Bertz CT molecular complexity index is 1390. The Morgan fingerprint density at radius 1 is 0.923 bits per heavy atom. The largest absolute Gasteiger partial charge is 0.457 e. The van der Waals surface area contributed by atoms with Crippen molar-refractivity contribution in [2.45, 2.75) is 24.0 Å². The van der Waals surface area contributed by atoms with E-state index in [1.165, 1.54) is 29.5 Å². The predicted octanol–water partition coefficient (Wildman–Crippen LogP) is 5.60. The fraction of sp³-hybridized carbons (Fsp3) is 0.200. The highest BCUT2D eigenvalue weighted by Crippen LogP contribution is 2.29. The Morgan fingerprint density at radius 2 is 1.59 bits per heavy atom. The topological polar surface area (TPSA) is 84.4 Å². The minimum atomic E-state index is -0.585. The third-order valence-electron chi connectivity index (χ3n) is 6.42. The Kier molecular flexibility index (Phi) is 8.48. The summed E-state index contributed by atoms with van der Waals surface area (Å²) in [4.78, 5) is 36.7. The molecule has 1 aliphatic heterocycles. The van der Waals surface area contributed by atoms with Crippen LogP contribution in [-0.2, 0) is 16.0 Å². The standard InChI is InChI=1S/C30H27FN4O3S/c31-23-7-11-25(12-8-23)38-26-13-9-24(10-14-26)34-29(37)27-18-22(17-21-5-2-1-3-6-21)19-35(27)28(36)20-39-30-32-15-4-16-33-30/h1-16,22,27H,17-20H2,(H,34,37)/t22-,27+/m1/s1. The Labute approximate surface area is 230 Å². The molecule has 1 saturated heterocycles. The number of amides is 2. The summed E-state index contributed by atoms with van der Waals surface area (Å²) in [7, 11) is 0. The van der Waals surface area contributed by atoms with Crippen molar-refractivity contribution in [3.05, 3.63) is 109 Å². The number of hydrogen-bond acceptors (Lipinski definition) is 6. The van der Waals surface area contributed by atoms with E-state index >= 15 is 0 Å². The van der Waals surface area contributed by atoms with Crippen molar-refractivity contribution in [2.75, 3.05) is 17.6 Å². The maximum Gasteiger partial charge on any atom is 0.247 e. The first-order valence-corrected chi connectivity index (χ1v) is 13.6. The minimum Gasteiger partial charge on any atom is -0.457 e. The molecule has 3 aromatic carbocycles. The van der Waals surface area contributed by atoms with Crippen LogP contribution in [0.15, 0.2) is 102 Å². The number of hydrogen-bond donors (Lipinski definition) is 1. The van der Waals surface area contributed by atoms with E-state index in [0.29, 0.717) is 35.3 Å². The van der Waals surface area contributed by atoms with Gasteiger partial charge in [-0.05, 0) is 78.9 Å². The molecule has 2 atom stereocenters. The maximum absolute atomic E-state index is 13.4. The highest BCUT2D eigenvalue weighted by Gasteiger charge is 2.39. The number of halogens is 1. The lowest BCUT2D eigenvalue weighted by Gasteiger charge is -2.24. The highest BCUT2D eigenvalue weighted by atomic mass is 32.2. The van der Waals surface area contributed by atoms with Gasteiger partial charge >= 0.3 is 0 Å². The number of carbonyl (C=O) groups is 2. The fourth-order valence-electron chi connectivity index (χ4n) is 4.58. The van der Waals surface area contributed by atoms with E-state index in [-0.39, 0.29) is 29.3 Å². The van der Waals surface area contributed by atoms with Gasteiger partial charge in [-0.2, -0.15) is 0 Å². The highest BCUT2D eigenvalue weighted by molar-refractivity contribution is 7.99. The number of anilines is 1. The van der Waals surface area contributed by atoms with Crippen LogP contribution in [0.1, 0.15) is 12.0 Å². The zero-order valence-corrected chi connectivity index (χ0v) is 21.9. The molecule has 1 N–H and O–H groups in total. The minimum absolute atomic E-state index is 0.119. The molecule has 2 heterocycles. The van der Waals surface area contributed by atoms with Crippen molar-refractivity contribution >= 4 is 29.3 Å². The zero-order valence-electron chi connectivity index (χ0n) is 21.1. The van der Waals surface area contributed by atoms with Gasteiger partial charge in [-0.1, -0.05) is 42.1 Å². The van der Waals surface area contributed by atoms with Gasteiger partial charge in [-0.3, -0.25) is 9.59 Å². The van der Waals surface area contributed by atoms with Gasteiger partial charge in [0.05, 0.1) is 5.75 Å². The smallest absolute Gasteiger partial charge is 0.247 e. The average molecular weight is 543 g/mol. The van der Waals surface area contributed by atoms with Crippen molar-refractivity contribution < 1.29 is 18.7 Å². The summed E-state index contributed by atoms with van der Waals surface area (Å²) in [6.07, 6.45) is 4.64. The first-order valence-electron chi connectivity index (χ1n) is 12.6. The molecule has 7 nitrogen and oxygen atoms in total. The van der Waals surface area contributed by atoms with E-state index in [4.69, 9.17) is 4.74 Å². The van der Waals surface area contributed by atoms with Crippen LogP contribution in [0.25, 0.3) is 0 Å². The van der Waals surface area contributed by atoms with Gasteiger partial charge in [0.15, 0.2) is 5.16 Å². The summed E-state index contributed by atoms with van der Waals surface area (Å²) < 4.78 is 18.9. The summed E-state index contributed by atoms with van der Waals surface area (Å²) >= 11 is 1.26. The van der Waals surface area contributed by atoms with Crippen LogP contribution >= 0.6 is 11.8 Å². The molecule has 0 saturated carbocycles. The molecule has 1 aliphatic rings. The number of thioether (sulfide) groups is 1. The van der Waals surface area contributed by atoms with Gasteiger partial charge in [-0.25, -0.2) is 14.4 Å². The molecule has 39 heavy (non-hydrogen) atoms. The Morgan fingerprint density at radius 3 is 2.28 bits per heavy atom. The molecule has 0 unspecified atom stereocenters. The molecule has 1 fully saturated rings. The van der Waals surface area contributed by atoms with Crippen LogP contribution < -0.4 is 10.1 Å². The van der Waals surface area contributed by atoms with Crippen LogP contribution in [0.4, 0.5) is 10.1 Å². The van der Waals surface area contributed by atoms with Gasteiger partial charge < -0.3 is 15.0 Å². The van der Waals surface area contributed by atoms with Crippen LogP contribution in [0.2, 0.25) is 0 Å². The number of aromatic nitrogens is 2.